The van der Waals surface area contributed by atoms with Gasteiger partial charge in [-0.3, -0.25) is 4.79 Å². The molecule has 1 atom stereocenters. The van der Waals surface area contributed by atoms with Crippen LogP contribution in [0.25, 0.3) is 0 Å². The van der Waals surface area contributed by atoms with Crippen molar-refractivity contribution >= 4 is 5.91 Å². The maximum absolute atomic E-state index is 12.5. The molecule has 1 N–H and O–H groups in total. The molecule has 1 aromatic carbocycles. The average molecular weight is 319 g/mol. The third-order valence-corrected chi connectivity index (χ3v) is 3.41. The summed E-state index contributed by atoms with van der Waals surface area (Å²) in [6, 6.07) is 6.93. The molecule has 23 heavy (non-hydrogen) atoms. The van der Waals surface area contributed by atoms with Crippen LogP contribution in [0.15, 0.2) is 34.9 Å². The van der Waals surface area contributed by atoms with E-state index in [0.717, 1.165) is 5.76 Å². The van der Waals surface area contributed by atoms with E-state index in [2.05, 4.69) is 5.32 Å². The molecule has 0 aliphatic carbocycles. The number of furan rings is 1. The number of hydrogen-bond donors (Lipinski definition) is 1. The van der Waals surface area contributed by atoms with Gasteiger partial charge >= 0.3 is 0 Å². The fraction of sp³-hybridized carbons (Fsp3) is 0.353. The Morgan fingerprint density at radius 2 is 1.87 bits per heavy atom. The first kappa shape index (κ1) is 16.7. The molecule has 0 spiro atoms. The molecule has 1 amide bonds. The number of benzene rings is 1. The minimum atomic E-state index is -0.248. The number of hydrogen-bond acceptors (Lipinski definition) is 5. The molecule has 0 fully saturated rings. The second-order valence-corrected chi connectivity index (χ2v) is 5.04. The van der Waals surface area contributed by atoms with Crippen molar-refractivity contribution in [3.63, 3.8) is 0 Å². The molecule has 0 bridgehead atoms. The zero-order valence-electron chi connectivity index (χ0n) is 13.7. The number of carbonyl (C=O) groups is 1. The van der Waals surface area contributed by atoms with Gasteiger partial charge in [0.25, 0.3) is 5.91 Å². The number of ether oxygens (including phenoxy) is 3. The van der Waals surface area contributed by atoms with Crippen LogP contribution in [0.2, 0.25) is 0 Å². The summed E-state index contributed by atoms with van der Waals surface area (Å²) in [6.45, 7) is 1.91. The molecule has 0 saturated carbocycles. The molecule has 1 aromatic heterocycles. The molecule has 0 radical (unpaired) electrons. The second kappa shape index (κ2) is 7.58. The first-order valence-electron chi connectivity index (χ1n) is 7.22. The summed E-state index contributed by atoms with van der Waals surface area (Å²) >= 11 is 0. The summed E-state index contributed by atoms with van der Waals surface area (Å²) in [6.07, 6.45) is 2.22. The topological polar surface area (TPSA) is 69.9 Å². The number of carbonyl (C=O) groups excluding carboxylic acids is 1. The minimum absolute atomic E-state index is 0.0912. The lowest BCUT2D eigenvalue weighted by Crippen LogP contribution is -2.34. The highest BCUT2D eigenvalue weighted by molar-refractivity contribution is 5.98. The maximum atomic E-state index is 12.5. The van der Waals surface area contributed by atoms with Gasteiger partial charge in [0.15, 0.2) is 11.5 Å². The normalized spacial score (nSPS) is 11.7. The Morgan fingerprint density at radius 1 is 1.13 bits per heavy atom. The van der Waals surface area contributed by atoms with Gasteiger partial charge in [0, 0.05) is 12.5 Å². The summed E-state index contributed by atoms with van der Waals surface area (Å²) < 4.78 is 21.1. The second-order valence-electron chi connectivity index (χ2n) is 5.04. The Balaban J connectivity index is 2.18. The molecule has 0 saturated heterocycles. The van der Waals surface area contributed by atoms with E-state index in [9.17, 15) is 4.79 Å². The van der Waals surface area contributed by atoms with Crippen LogP contribution in [0.5, 0.6) is 17.2 Å². The van der Waals surface area contributed by atoms with Crippen LogP contribution in [-0.4, -0.2) is 33.3 Å². The lowest BCUT2D eigenvalue weighted by Gasteiger charge is -2.17. The smallest absolute Gasteiger partial charge is 0.255 e. The van der Waals surface area contributed by atoms with E-state index < -0.39 is 0 Å². The Kier molecular flexibility index (Phi) is 5.51. The molecule has 124 valence electrons. The Hall–Kier alpha value is -2.63. The predicted octanol–water partition coefficient (Wildman–Crippen LogP) is 2.67. The van der Waals surface area contributed by atoms with Crippen LogP contribution in [0.1, 0.15) is 23.0 Å². The van der Waals surface area contributed by atoms with Crippen molar-refractivity contribution < 1.29 is 23.4 Å². The quantitative estimate of drug-likeness (QED) is 0.849. The predicted molar refractivity (Wildman–Crippen MR) is 85.4 cm³/mol. The third kappa shape index (κ3) is 3.77. The Bertz CT molecular complexity index is 651. The largest absolute Gasteiger partial charge is 0.493 e. The van der Waals surface area contributed by atoms with Crippen molar-refractivity contribution in [2.75, 3.05) is 21.3 Å². The lowest BCUT2D eigenvalue weighted by molar-refractivity contribution is 0.0935. The van der Waals surface area contributed by atoms with Crippen LogP contribution in [-0.2, 0) is 6.42 Å². The molecule has 2 rings (SSSR count). The first-order valence-corrected chi connectivity index (χ1v) is 7.22. The number of rotatable bonds is 7. The number of nitrogens with one attached hydrogen (secondary N) is 1. The summed E-state index contributed by atoms with van der Waals surface area (Å²) in [7, 11) is 4.52. The van der Waals surface area contributed by atoms with E-state index in [1.54, 1.807) is 18.4 Å². The summed E-state index contributed by atoms with van der Waals surface area (Å²) in [5, 5.41) is 2.92. The highest BCUT2D eigenvalue weighted by atomic mass is 16.5. The van der Waals surface area contributed by atoms with E-state index in [1.165, 1.54) is 21.3 Å². The van der Waals surface area contributed by atoms with Crippen molar-refractivity contribution in [2.45, 2.75) is 19.4 Å². The van der Waals surface area contributed by atoms with Gasteiger partial charge in [-0.1, -0.05) is 0 Å². The van der Waals surface area contributed by atoms with E-state index in [4.69, 9.17) is 18.6 Å². The molecule has 1 unspecified atom stereocenters. The summed E-state index contributed by atoms with van der Waals surface area (Å²) in [4.78, 5) is 12.5. The molecular weight excluding hydrogens is 298 g/mol. The molecule has 0 aliphatic rings. The molecule has 2 aromatic rings. The van der Waals surface area contributed by atoms with Crippen LogP contribution in [0.4, 0.5) is 0 Å². The number of methoxy groups -OCH3 is 3. The van der Waals surface area contributed by atoms with Gasteiger partial charge in [-0.2, -0.15) is 0 Å². The highest BCUT2D eigenvalue weighted by Crippen LogP contribution is 2.39. The Morgan fingerprint density at radius 3 is 2.43 bits per heavy atom. The van der Waals surface area contributed by atoms with E-state index in [-0.39, 0.29) is 11.9 Å². The maximum Gasteiger partial charge on any atom is 0.255 e. The van der Waals surface area contributed by atoms with Crippen LogP contribution < -0.4 is 19.5 Å². The molecular formula is C17H21NO5. The van der Waals surface area contributed by atoms with E-state index >= 15 is 0 Å². The van der Waals surface area contributed by atoms with Gasteiger partial charge in [0.2, 0.25) is 5.75 Å². The lowest BCUT2D eigenvalue weighted by atomic mass is 10.1. The van der Waals surface area contributed by atoms with Crippen molar-refractivity contribution in [1.82, 2.24) is 5.32 Å². The van der Waals surface area contributed by atoms with Crippen LogP contribution in [0, 0.1) is 0 Å². The summed E-state index contributed by atoms with van der Waals surface area (Å²) in [5.41, 5.74) is 0.386. The van der Waals surface area contributed by atoms with Gasteiger partial charge in [0.05, 0.1) is 33.2 Å². The van der Waals surface area contributed by atoms with Gasteiger partial charge in [0.1, 0.15) is 5.76 Å². The third-order valence-electron chi connectivity index (χ3n) is 3.41. The SMILES string of the molecule is COc1ccc(C(=O)NC(C)Cc2ccco2)c(OC)c1OC. The van der Waals surface area contributed by atoms with Gasteiger partial charge in [-0.25, -0.2) is 0 Å². The van der Waals surface area contributed by atoms with Crippen molar-refractivity contribution in [3.05, 3.63) is 41.9 Å². The standard InChI is InChI=1S/C17H21NO5/c1-11(10-12-6-5-9-23-12)18-17(19)13-7-8-14(20-2)16(22-4)15(13)21-3/h5-9,11H,10H2,1-4H3,(H,18,19). The average Bonchev–Trinajstić information content (AvgIpc) is 3.05. The van der Waals surface area contributed by atoms with E-state index in [0.29, 0.717) is 29.2 Å². The Labute approximate surface area is 135 Å². The van der Waals surface area contributed by atoms with Crippen molar-refractivity contribution in [1.29, 1.82) is 0 Å². The van der Waals surface area contributed by atoms with Crippen molar-refractivity contribution in [3.8, 4) is 17.2 Å². The molecule has 1 heterocycles. The number of amides is 1. The van der Waals surface area contributed by atoms with Gasteiger partial charge in [-0.05, 0) is 31.2 Å². The van der Waals surface area contributed by atoms with Crippen LogP contribution in [0.3, 0.4) is 0 Å². The first-order chi connectivity index (χ1) is 11.1. The minimum Gasteiger partial charge on any atom is -0.493 e. The van der Waals surface area contributed by atoms with E-state index in [1.807, 2.05) is 19.1 Å². The van der Waals surface area contributed by atoms with Crippen molar-refractivity contribution in [2.24, 2.45) is 0 Å². The zero-order chi connectivity index (χ0) is 16.8. The fourth-order valence-corrected chi connectivity index (χ4v) is 2.36. The fourth-order valence-electron chi connectivity index (χ4n) is 2.36. The van der Waals surface area contributed by atoms with Crippen LogP contribution >= 0.6 is 0 Å². The highest BCUT2D eigenvalue weighted by Gasteiger charge is 2.21. The van der Waals surface area contributed by atoms with Gasteiger partial charge < -0.3 is 23.9 Å². The molecule has 6 heteroatoms. The van der Waals surface area contributed by atoms with Gasteiger partial charge in [-0.15, -0.1) is 0 Å². The molecule has 0 aliphatic heterocycles. The zero-order valence-corrected chi connectivity index (χ0v) is 13.7. The summed E-state index contributed by atoms with van der Waals surface area (Å²) in [5.74, 6) is 1.80. The molecule has 6 nitrogen and oxygen atoms in total. The monoisotopic (exact) mass is 319 g/mol.